The fourth-order valence-electron chi connectivity index (χ4n) is 1.31. The minimum atomic E-state index is 0.0860. The molecule has 1 heterocycles. The van der Waals surface area contributed by atoms with Crippen LogP contribution in [0.1, 0.15) is 25.3 Å². The van der Waals surface area contributed by atoms with Crippen LogP contribution in [-0.2, 0) is 11.2 Å². The highest BCUT2D eigenvalue weighted by Gasteiger charge is 2.02. The second-order valence-electron chi connectivity index (χ2n) is 3.84. The molecule has 0 saturated carbocycles. The van der Waals surface area contributed by atoms with Gasteiger partial charge in [0.15, 0.2) is 0 Å². The van der Waals surface area contributed by atoms with Crippen LogP contribution in [0.4, 0.5) is 0 Å². The second kappa shape index (κ2) is 6.24. The third kappa shape index (κ3) is 5.22. The Morgan fingerprint density at radius 3 is 3.07 bits per heavy atom. The van der Waals surface area contributed by atoms with E-state index in [4.69, 9.17) is 5.73 Å². The first kappa shape index (κ1) is 11.8. The van der Waals surface area contributed by atoms with Crippen LogP contribution < -0.4 is 11.1 Å². The third-order valence-corrected chi connectivity index (χ3v) is 2.22. The van der Waals surface area contributed by atoms with Crippen molar-refractivity contribution in [3.05, 3.63) is 24.0 Å². The maximum Gasteiger partial charge on any atom is 0.220 e. The van der Waals surface area contributed by atoms with Crippen molar-refractivity contribution in [2.75, 3.05) is 6.54 Å². The lowest BCUT2D eigenvalue weighted by atomic mass is 10.2. The molecule has 1 aromatic heterocycles. The zero-order valence-electron chi connectivity index (χ0n) is 9.12. The Hall–Kier alpha value is -1.29. The van der Waals surface area contributed by atoms with Crippen LogP contribution >= 0.6 is 0 Å². The SMILES string of the molecule is CC(N)CCC(=O)NCCc1cc[nH]c1. The average Bonchev–Trinajstić information content (AvgIpc) is 2.67. The maximum absolute atomic E-state index is 11.3. The summed E-state index contributed by atoms with van der Waals surface area (Å²) in [6.45, 7) is 2.60. The van der Waals surface area contributed by atoms with Crippen molar-refractivity contribution in [3.63, 3.8) is 0 Å². The van der Waals surface area contributed by atoms with Crippen molar-refractivity contribution in [1.82, 2.24) is 10.3 Å². The summed E-state index contributed by atoms with van der Waals surface area (Å²) in [4.78, 5) is 14.3. The summed E-state index contributed by atoms with van der Waals surface area (Å²) < 4.78 is 0. The van der Waals surface area contributed by atoms with E-state index < -0.39 is 0 Å². The molecule has 4 heteroatoms. The quantitative estimate of drug-likeness (QED) is 0.648. The molecule has 15 heavy (non-hydrogen) atoms. The highest BCUT2D eigenvalue weighted by Crippen LogP contribution is 1.97. The molecule has 1 atom stereocenters. The first-order valence-corrected chi connectivity index (χ1v) is 5.32. The number of hydrogen-bond acceptors (Lipinski definition) is 2. The van der Waals surface area contributed by atoms with Crippen molar-refractivity contribution in [3.8, 4) is 0 Å². The lowest BCUT2D eigenvalue weighted by molar-refractivity contribution is -0.121. The van der Waals surface area contributed by atoms with Crippen LogP contribution in [0.2, 0.25) is 0 Å². The van der Waals surface area contributed by atoms with Gasteiger partial charge >= 0.3 is 0 Å². The number of rotatable bonds is 6. The molecule has 1 aromatic rings. The molecule has 0 aromatic carbocycles. The van der Waals surface area contributed by atoms with Crippen molar-refractivity contribution < 1.29 is 4.79 Å². The highest BCUT2D eigenvalue weighted by atomic mass is 16.1. The van der Waals surface area contributed by atoms with Gasteiger partial charge in [-0.1, -0.05) is 0 Å². The van der Waals surface area contributed by atoms with E-state index in [1.165, 1.54) is 5.56 Å². The summed E-state index contributed by atoms with van der Waals surface area (Å²) in [6.07, 6.45) is 5.95. The maximum atomic E-state index is 11.3. The van der Waals surface area contributed by atoms with Gasteiger partial charge in [-0.05, 0) is 31.4 Å². The van der Waals surface area contributed by atoms with E-state index in [1.54, 1.807) is 0 Å². The van der Waals surface area contributed by atoms with Gasteiger partial charge in [-0.2, -0.15) is 0 Å². The number of nitrogens with two attached hydrogens (primary N) is 1. The number of H-pyrrole nitrogens is 1. The van der Waals surface area contributed by atoms with E-state index >= 15 is 0 Å². The normalized spacial score (nSPS) is 12.4. The first-order valence-electron chi connectivity index (χ1n) is 5.32. The largest absolute Gasteiger partial charge is 0.367 e. The Bertz CT molecular complexity index is 280. The van der Waals surface area contributed by atoms with Crippen molar-refractivity contribution in [1.29, 1.82) is 0 Å². The molecule has 1 unspecified atom stereocenters. The number of amides is 1. The molecule has 4 N–H and O–H groups in total. The van der Waals surface area contributed by atoms with Gasteiger partial charge in [-0.3, -0.25) is 4.79 Å². The van der Waals surface area contributed by atoms with Crippen LogP contribution in [-0.4, -0.2) is 23.5 Å². The van der Waals surface area contributed by atoms with Crippen LogP contribution in [0, 0.1) is 0 Å². The monoisotopic (exact) mass is 209 g/mol. The van der Waals surface area contributed by atoms with Crippen LogP contribution in [0.3, 0.4) is 0 Å². The molecule has 1 rings (SSSR count). The molecule has 0 fully saturated rings. The van der Waals surface area contributed by atoms with E-state index in [9.17, 15) is 4.79 Å². The number of hydrogen-bond donors (Lipinski definition) is 3. The number of carbonyl (C=O) groups excluding carboxylic acids is 1. The van der Waals surface area contributed by atoms with E-state index in [2.05, 4.69) is 10.3 Å². The highest BCUT2D eigenvalue weighted by molar-refractivity contribution is 5.75. The summed E-state index contributed by atoms with van der Waals surface area (Å²) in [6, 6.07) is 2.11. The summed E-state index contributed by atoms with van der Waals surface area (Å²) in [7, 11) is 0. The Balaban J connectivity index is 2.07. The lowest BCUT2D eigenvalue weighted by Crippen LogP contribution is -2.27. The molecule has 0 aliphatic rings. The summed E-state index contributed by atoms with van der Waals surface area (Å²) >= 11 is 0. The fourth-order valence-corrected chi connectivity index (χ4v) is 1.31. The van der Waals surface area contributed by atoms with E-state index in [0.717, 1.165) is 12.8 Å². The summed E-state index contributed by atoms with van der Waals surface area (Å²) in [5.41, 5.74) is 6.77. The number of carbonyl (C=O) groups is 1. The van der Waals surface area contributed by atoms with Gasteiger partial charge in [0.1, 0.15) is 0 Å². The minimum Gasteiger partial charge on any atom is -0.367 e. The molecule has 0 spiro atoms. The molecule has 4 nitrogen and oxygen atoms in total. The van der Waals surface area contributed by atoms with E-state index in [-0.39, 0.29) is 11.9 Å². The van der Waals surface area contributed by atoms with Crippen molar-refractivity contribution >= 4 is 5.91 Å². The molecule has 0 radical (unpaired) electrons. The van der Waals surface area contributed by atoms with Gasteiger partial charge in [0.05, 0.1) is 0 Å². The Kier molecular flexibility index (Phi) is 4.90. The first-order chi connectivity index (χ1) is 7.18. The van der Waals surface area contributed by atoms with E-state index in [1.807, 2.05) is 25.4 Å². The van der Waals surface area contributed by atoms with Crippen LogP contribution in [0.5, 0.6) is 0 Å². The molecule has 0 aliphatic carbocycles. The van der Waals surface area contributed by atoms with Gasteiger partial charge in [0.25, 0.3) is 0 Å². The average molecular weight is 209 g/mol. The number of aromatic nitrogens is 1. The van der Waals surface area contributed by atoms with Gasteiger partial charge in [-0.25, -0.2) is 0 Å². The summed E-state index contributed by atoms with van der Waals surface area (Å²) in [5.74, 6) is 0.0860. The molecule has 0 aliphatic heterocycles. The van der Waals surface area contributed by atoms with E-state index in [0.29, 0.717) is 13.0 Å². The molecule has 0 bridgehead atoms. The predicted molar refractivity (Wildman–Crippen MR) is 60.4 cm³/mol. The standard InChI is InChI=1S/C11H19N3O/c1-9(12)2-3-11(15)14-7-5-10-4-6-13-8-10/h4,6,8-9,13H,2-3,5,7,12H2,1H3,(H,14,15). The van der Waals surface area contributed by atoms with Crippen LogP contribution in [0.15, 0.2) is 18.5 Å². The summed E-state index contributed by atoms with van der Waals surface area (Å²) in [5, 5.41) is 2.87. The zero-order chi connectivity index (χ0) is 11.1. The minimum absolute atomic E-state index is 0.0860. The number of aromatic amines is 1. The van der Waals surface area contributed by atoms with Gasteiger partial charge in [0, 0.05) is 31.4 Å². The Morgan fingerprint density at radius 2 is 2.47 bits per heavy atom. The smallest absolute Gasteiger partial charge is 0.220 e. The van der Waals surface area contributed by atoms with Crippen molar-refractivity contribution in [2.45, 2.75) is 32.2 Å². The van der Waals surface area contributed by atoms with Gasteiger partial charge in [0.2, 0.25) is 5.91 Å². The van der Waals surface area contributed by atoms with Crippen molar-refractivity contribution in [2.24, 2.45) is 5.73 Å². The molecular formula is C11H19N3O. The fraction of sp³-hybridized carbons (Fsp3) is 0.545. The Morgan fingerprint density at radius 1 is 1.67 bits per heavy atom. The lowest BCUT2D eigenvalue weighted by Gasteiger charge is -2.06. The Labute approximate surface area is 90.2 Å². The van der Waals surface area contributed by atoms with Gasteiger partial charge in [-0.15, -0.1) is 0 Å². The second-order valence-corrected chi connectivity index (χ2v) is 3.84. The molecular weight excluding hydrogens is 190 g/mol. The molecule has 1 amide bonds. The topological polar surface area (TPSA) is 70.9 Å². The molecule has 84 valence electrons. The third-order valence-electron chi connectivity index (χ3n) is 2.22. The predicted octanol–water partition coefficient (Wildman–Crippen LogP) is 0.801. The number of nitrogens with one attached hydrogen (secondary N) is 2. The van der Waals surface area contributed by atoms with Gasteiger partial charge < -0.3 is 16.0 Å². The zero-order valence-corrected chi connectivity index (χ0v) is 9.12. The van der Waals surface area contributed by atoms with Crippen LogP contribution in [0.25, 0.3) is 0 Å². The molecule has 0 saturated heterocycles.